The Kier molecular flexibility index (Phi) is 5.24. The molecule has 1 aliphatic carbocycles. The summed E-state index contributed by atoms with van der Waals surface area (Å²) in [4.78, 5) is 0. The van der Waals surface area contributed by atoms with Gasteiger partial charge < -0.3 is 0 Å². The first kappa shape index (κ1) is 15.1. The van der Waals surface area contributed by atoms with Crippen LogP contribution in [0.15, 0.2) is 36.0 Å². The predicted octanol–water partition coefficient (Wildman–Crippen LogP) is 5.29. The van der Waals surface area contributed by atoms with Crippen molar-refractivity contribution in [2.45, 2.75) is 39.8 Å². The molecule has 0 bridgehead atoms. The first-order valence-electron chi connectivity index (χ1n) is 6.48. The molecule has 0 aromatic carbocycles. The zero-order chi connectivity index (χ0) is 13.8. The highest BCUT2D eigenvalue weighted by Crippen LogP contribution is 2.34. The average Bonchev–Trinajstić information content (AvgIpc) is 2.34. The lowest BCUT2D eigenvalue weighted by Gasteiger charge is -2.22. The van der Waals surface area contributed by atoms with E-state index < -0.39 is 11.7 Å². The van der Waals surface area contributed by atoms with Crippen LogP contribution in [-0.2, 0) is 0 Å². The molecule has 0 aliphatic heterocycles. The van der Waals surface area contributed by atoms with Crippen molar-refractivity contribution in [1.29, 1.82) is 0 Å². The minimum Gasteiger partial charge on any atom is -0.166 e. The molecule has 0 heterocycles. The number of halogens is 3. The summed E-state index contributed by atoms with van der Waals surface area (Å²) in [5.41, 5.74) is -0.512. The van der Waals surface area contributed by atoms with Gasteiger partial charge in [0, 0.05) is 0 Å². The van der Waals surface area contributed by atoms with Gasteiger partial charge in [-0.2, -0.15) is 13.2 Å². The third kappa shape index (κ3) is 4.35. The summed E-state index contributed by atoms with van der Waals surface area (Å²) in [6.45, 7) is 6.19. The van der Waals surface area contributed by atoms with E-state index in [0.29, 0.717) is 12.3 Å². The van der Waals surface area contributed by atoms with Gasteiger partial charge >= 0.3 is 6.18 Å². The van der Waals surface area contributed by atoms with Crippen molar-refractivity contribution in [3.05, 3.63) is 36.0 Å². The molecule has 18 heavy (non-hydrogen) atoms. The Labute approximate surface area is 107 Å². The second kappa shape index (κ2) is 6.26. The topological polar surface area (TPSA) is 0 Å². The fraction of sp³-hybridized carbons (Fsp3) is 0.600. The van der Waals surface area contributed by atoms with Gasteiger partial charge in [-0.05, 0) is 24.2 Å². The molecule has 0 amide bonds. The van der Waals surface area contributed by atoms with Crippen LogP contribution in [0.25, 0.3) is 0 Å². The molecule has 3 heteroatoms. The molecule has 3 unspecified atom stereocenters. The Bertz CT molecular complexity index is 347. The van der Waals surface area contributed by atoms with E-state index in [0.717, 1.165) is 6.42 Å². The van der Waals surface area contributed by atoms with Gasteiger partial charge in [0.2, 0.25) is 0 Å². The predicted molar refractivity (Wildman–Crippen MR) is 69.1 cm³/mol. The maximum atomic E-state index is 12.6. The summed E-state index contributed by atoms with van der Waals surface area (Å²) in [6.07, 6.45) is 5.83. The van der Waals surface area contributed by atoms with Gasteiger partial charge in [0.1, 0.15) is 0 Å². The van der Waals surface area contributed by atoms with Gasteiger partial charge in [-0.1, -0.05) is 57.6 Å². The molecular weight excluding hydrogens is 237 g/mol. The van der Waals surface area contributed by atoms with Crippen LogP contribution in [0.2, 0.25) is 0 Å². The highest BCUT2D eigenvalue weighted by molar-refractivity contribution is 5.29. The minimum absolute atomic E-state index is 0.0491. The lowest BCUT2D eigenvalue weighted by Crippen LogP contribution is -2.17. The molecule has 0 N–H and O–H groups in total. The Morgan fingerprint density at radius 2 is 2.00 bits per heavy atom. The molecule has 0 radical (unpaired) electrons. The maximum Gasteiger partial charge on any atom is 0.416 e. The van der Waals surface area contributed by atoms with Crippen LogP contribution < -0.4 is 0 Å². The molecule has 1 rings (SSSR count). The molecule has 1 aliphatic rings. The Balaban J connectivity index is 2.71. The SMILES string of the molecule is CCC(C)/C=C\C(C)C1C=C(C(F)(F)F)C=CC1. The molecule has 0 saturated carbocycles. The van der Waals surface area contributed by atoms with Crippen LogP contribution in [0.1, 0.15) is 33.6 Å². The molecule has 0 fully saturated rings. The lowest BCUT2D eigenvalue weighted by molar-refractivity contribution is -0.0890. The van der Waals surface area contributed by atoms with Crippen molar-refractivity contribution >= 4 is 0 Å². The number of rotatable bonds is 4. The quantitative estimate of drug-likeness (QED) is 0.601. The zero-order valence-electron chi connectivity index (χ0n) is 11.2. The summed E-state index contributed by atoms with van der Waals surface area (Å²) in [7, 11) is 0. The van der Waals surface area contributed by atoms with Gasteiger partial charge in [0.15, 0.2) is 0 Å². The van der Waals surface area contributed by atoms with Crippen LogP contribution in [0.4, 0.5) is 13.2 Å². The van der Waals surface area contributed by atoms with E-state index in [1.807, 2.05) is 13.0 Å². The minimum atomic E-state index is -4.23. The zero-order valence-corrected chi connectivity index (χ0v) is 11.2. The molecule has 0 spiro atoms. The molecule has 0 saturated heterocycles. The number of allylic oxidation sites excluding steroid dienone is 6. The largest absolute Gasteiger partial charge is 0.416 e. The van der Waals surface area contributed by atoms with E-state index in [4.69, 9.17) is 0 Å². The highest BCUT2D eigenvalue weighted by Gasteiger charge is 2.33. The average molecular weight is 258 g/mol. The smallest absolute Gasteiger partial charge is 0.166 e. The van der Waals surface area contributed by atoms with Gasteiger partial charge in [0.05, 0.1) is 5.57 Å². The van der Waals surface area contributed by atoms with E-state index in [-0.39, 0.29) is 11.8 Å². The fourth-order valence-electron chi connectivity index (χ4n) is 1.91. The van der Waals surface area contributed by atoms with Crippen molar-refractivity contribution < 1.29 is 13.2 Å². The fourth-order valence-corrected chi connectivity index (χ4v) is 1.91. The second-order valence-electron chi connectivity index (χ2n) is 5.05. The molecule has 0 nitrogen and oxygen atoms in total. The molecule has 0 aromatic rings. The van der Waals surface area contributed by atoms with E-state index >= 15 is 0 Å². The number of alkyl halides is 3. The molecule has 0 aromatic heterocycles. The monoisotopic (exact) mass is 258 g/mol. The van der Waals surface area contributed by atoms with E-state index in [1.165, 1.54) is 12.2 Å². The van der Waals surface area contributed by atoms with Crippen molar-refractivity contribution in [2.75, 3.05) is 0 Å². The molecular formula is C15H21F3. The van der Waals surface area contributed by atoms with Gasteiger partial charge in [0.25, 0.3) is 0 Å². The Morgan fingerprint density at radius 3 is 2.56 bits per heavy atom. The van der Waals surface area contributed by atoms with Gasteiger partial charge in [-0.15, -0.1) is 0 Å². The van der Waals surface area contributed by atoms with Crippen molar-refractivity contribution in [3.8, 4) is 0 Å². The molecule has 102 valence electrons. The first-order valence-corrected chi connectivity index (χ1v) is 6.48. The standard InChI is InChI=1S/C15H21F3/c1-4-11(2)8-9-12(3)13-6-5-7-14(10-13)15(16,17)18/h5,7-13H,4,6H2,1-3H3/b9-8-. The van der Waals surface area contributed by atoms with E-state index in [2.05, 4.69) is 19.9 Å². The van der Waals surface area contributed by atoms with Crippen LogP contribution in [-0.4, -0.2) is 6.18 Å². The molecule has 3 atom stereocenters. The summed E-state index contributed by atoms with van der Waals surface area (Å²) < 4.78 is 37.8. The maximum absolute atomic E-state index is 12.6. The summed E-state index contributed by atoms with van der Waals surface area (Å²) in [6, 6.07) is 0. The van der Waals surface area contributed by atoms with Crippen LogP contribution >= 0.6 is 0 Å². The normalized spacial score (nSPS) is 24.1. The van der Waals surface area contributed by atoms with Crippen molar-refractivity contribution in [3.63, 3.8) is 0 Å². The third-order valence-electron chi connectivity index (χ3n) is 3.49. The highest BCUT2D eigenvalue weighted by atomic mass is 19.4. The summed E-state index contributed by atoms with van der Waals surface area (Å²) in [5.74, 6) is 0.575. The third-order valence-corrected chi connectivity index (χ3v) is 3.49. The number of hydrogen-bond acceptors (Lipinski definition) is 0. The number of hydrogen-bond donors (Lipinski definition) is 0. The van der Waals surface area contributed by atoms with Crippen LogP contribution in [0.5, 0.6) is 0 Å². The van der Waals surface area contributed by atoms with Crippen molar-refractivity contribution in [1.82, 2.24) is 0 Å². The Morgan fingerprint density at radius 1 is 1.33 bits per heavy atom. The van der Waals surface area contributed by atoms with Crippen LogP contribution in [0, 0.1) is 17.8 Å². The van der Waals surface area contributed by atoms with Gasteiger partial charge in [-0.3, -0.25) is 0 Å². The van der Waals surface area contributed by atoms with Gasteiger partial charge in [-0.25, -0.2) is 0 Å². The second-order valence-corrected chi connectivity index (χ2v) is 5.05. The van der Waals surface area contributed by atoms with Crippen molar-refractivity contribution in [2.24, 2.45) is 17.8 Å². The van der Waals surface area contributed by atoms with E-state index in [9.17, 15) is 13.2 Å². The van der Waals surface area contributed by atoms with E-state index in [1.54, 1.807) is 6.08 Å². The Hall–Kier alpha value is -0.990. The summed E-state index contributed by atoms with van der Waals surface area (Å²) >= 11 is 0. The lowest BCUT2D eigenvalue weighted by atomic mass is 9.85. The first-order chi connectivity index (χ1) is 8.34. The summed E-state index contributed by atoms with van der Waals surface area (Å²) in [5, 5.41) is 0. The van der Waals surface area contributed by atoms with Crippen LogP contribution in [0.3, 0.4) is 0 Å².